The zero-order valence-corrected chi connectivity index (χ0v) is 26.7. The van der Waals surface area contributed by atoms with Gasteiger partial charge in [-0.1, -0.05) is 0 Å². The van der Waals surface area contributed by atoms with E-state index in [1.165, 1.54) is 0 Å². The van der Waals surface area contributed by atoms with Crippen LogP contribution in [0.1, 0.15) is 57.8 Å². The quantitative estimate of drug-likeness (QED) is 0.0394. The summed E-state index contributed by atoms with van der Waals surface area (Å²) in [5.41, 5.74) is 5.57. The Morgan fingerprint density at radius 3 is 1.00 bits per heavy atom. The highest BCUT2D eigenvalue weighted by Gasteiger charge is 2.34. The molecular formula is C27H40N6O18. The summed E-state index contributed by atoms with van der Waals surface area (Å²) >= 11 is 0. The molecule has 51 heavy (non-hydrogen) atoms. The second-order valence-corrected chi connectivity index (χ2v) is 10.8. The monoisotopic (exact) mass is 736 g/mol. The van der Waals surface area contributed by atoms with Crippen LogP contribution in [0.4, 0.5) is 0 Å². The number of hydrogen-bond acceptors (Lipinski definition) is 13. The smallest absolute Gasteiger partial charge is 0.326 e. The highest BCUT2D eigenvalue weighted by Crippen LogP contribution is 2.07. The van der Waals surface area contributed by atoms with E-state index in [0.717, 1.165) is 0 Å². The molecule has 14 N–H and O–H groups in total. The number of hydrogen-bond donors (Lipinski definition) is 13. The van der Waals surface area contributed by atoms with Gasteiger partial charge in [0.2, 0.25) is 29.5 Å². The highest BCUT2D eigenvalue weighted by atomic mass is 16.4. The molecule has 0 aromatic rings. The molecule has 0 heterocycles. The maximum absolute atomic E-state index is 13.2. The highest BCUT2D eigenvalue weighted by molar-refractivity contribution is 5.97. The molecule has 0 fully saturated rings. The van der Waals surface area contributed by atoms with Gasteiger partial charge < -0.3 is 68.1 Å². The summed E-state index contributed by atoms with van der Waals surface area (Å²) in [6.07, 6.45) is -6.44. The normalized spacial score (nSPS) is 14.2. The zero-order valence-electron chi connectivity index (χ0n) is 26.7. The van der Waals surface area contributed by atoms with Gasteiger partial charge in [-0.25, -0.2) is 4.79 Å². The predicted octanol–water partition coefficient (Wildman–Crippen LogP) is -5.25. The first-order chi connectivity index (χ1) is 23.7. The number of aliphatic hydroxyl groups is 1. The Bertz CT molecular complexity index is 1340. The SMILES string of the molecule is N[C@@H](CCC(=O)O)C(=O)N[C@@H](CO)C(=O)N[C@@H](CCC(=O)O)C(=O)N[C@@H](CCC(=O)O)C(=O)N[C@@H](CCC(=O)O)C(=O)N[C@@H](CC(=O)O)C(=O)O. The molecule has 286 valence electrons. The minimum Gasteiger partial charge on any atom is -0.481 e. The van der Waals surface area contributed by atoms with Crippen LogP contribution in [-0.4, -0.2) is 144 Å². The summed E-state index contributed by atoms with van der Waals surface area (Å²) in [5.74, 6) is -15.5. The average Bonchev–Trinajstić information content (AvgIpc) is 3.02. The number of nitrogens with one attached hydrogen (secondary N) is 5. The van der Waals surface area contributed by atoms with Gasteiger partial charge in [0, 0.05) is 25.7 Å². The molecule has 0 rings (SSSR count). The maximum atomic E-state index is 13.2. The number of carboxylic acids is 6. The van der Waals surface area contributed by atoms with Crippen LogP contribution in [0.2, 0.25) is 0 Å². The largest absolute Gasteiger partial charge is 0.481 e. The van der Waals surface area contributed by atoms with Crippen molar-refractivity contribution in [1.82, 2.24) is 26.6 Å². The molecule has 0 aliphatic rings. The van der Waals surface area contributed by atoms with E-state index >= 15 is 0 Å². The van der Waals surface area contributed by atoms with E-state index in [9.17, 15) is 63.0 Å². The molecule has 0 unspecified atom stereocenters. The number of amides is 5. The van der Waals surface area contributed by atoms with E-state index in [1.54, 1.807) is 0 Å². The van der Waals surface area contributed by atoms with Crippen LogP contribution < -0.4 is 32.3 Å². The maximum Gasteiger partial charge on any atom is 0.326 e. The Morgan fingerprint density at radius 2 is 0.706 bits per heavy atom. The fourth-order valence-corrected chi connectivity index (χ4v) is 3.96. The van der Waals surface area contributed by atoms with Gasteiger partial charge >= 0.3 is 35.8 Å². The van der Waals surface area contributed by atoms with Crippen LogP contribution in [0.5, 0.6) is 0 Å². The minimum atomic E-state index is -2.02. The van der Waals surface area contributed by atoms with E-state index in [1.807, 2.05) is 16.0 Å². The van der Waals surface area contributed by atoms with E-state index in [4.69, 9.17) is 31.3 Å². The molecule has 0 saturated carbocycles. The second kappa shape index (κ2) is 22.7. The summed E-state index contributed by atoms with van der Waals surface area (Å²) in [6.45, 7) is -1.09. The Hall–Kier alpha value is -5.91. The number of carbonyl (C=O) groups is 11. The van der Waals surface area contributed by atoms with Crippen LogP contribution >= 0.6 is 0 Å². The molecular weight excluding hydrogens is 696 g/mol. The van der Waals surface area contributed by atoms with Gasteiger partial charge in [0.25, 0.3) is 0 Å². The van der Waals surface area contributed by atoms with Crippen LogP contribution in [0.15, 0.2) is 0 Å². The Kier molecular flexibility index (Phi) is 20.0. The first-order valence-electron chi connectivity index (χ1n) is 14.9. The lowest BCUT2D eigenvalue weighted by molar-refractivity contribution is -0.147. The van der Waals surface area contributed by atoms with Crippen molar-refractivity contribution in [2.75, 3.05) is 6.61 Å². The van der Waals surface area contributed by atoms with E-state index in [-0.39, 0.29) is 6.42 Å². The number of aliphatic carboxylic acids is 6. The van der Waals surface area contributed by atoms with Crippen LogP contribution in [0, 0.1) is 0 Å². The van der Waals surface area contributed by atoms with Crippen molar-refractivity contribution in [2.24, 2.45) is 5.73 Å². The molecule has 0 radical (unpaired) electrons. The molecule has 0 saturated heterocycles. The number of carboxylic acid groups (broad SMARTS) is 6. The van der Waals surface area contributed by atoms with Gasteiger partial charge in [0.05, 0.1) is 19.1 Å². The Labute approximate surface area is 287 Å². The van der Waals surface area contributed by atoms with E-state index < -0.39 is 160 Å². The third-order valence-electron chi connectivity index (χ3n) is 6.65. The van der Waals surface area contributed by atoms with Crippen molar-refractivity contribution in [3.05, 3.63) is 0 Å². The van der Waals surface area contributed by atoms with Crippen molar-refractivity contribution in [1.29, 1.82) is 0 Å². The number of nitrogens with two attached hydrogens (primary N) is 1. The van der Waals surface area contributed by atoms with E-state index in [0.29, 0.717) is 0 Å². The molecule has 24 heteroatoms. The standard InChI is InChI=1S/C27H40N6O18/c28-11(1-5-17(35)36)22(45)33-16(10-34)26(49)31-13(3-7-19(39)40)24(47)29-12(2-6-18(37)38)23(46)30-14(4-8-20(41)42)25(48)32-15(27(50)51)9-21(43)44/h11-16,34H,1-10,28H2,(H,29,47)(H,30,46)(H,31,49)(H,32,48)(H,33,45)(H,35,36)(H,37,38)(H,39,40)(H,41,42)(H,43,44)(H,50,51)/t11-,12-,13-,14-,15-,16-/m0/s1. The number of aliphatic hydroxyl groups excluding tert-OH is 1. The van der Waals surface area contributed by atoms with Crippen LogP contribution in [0.25, 0.3) is 0 Å². The van der Waals surface area contributed by atoms with Crippen molar-refractivity contribution >= 4 is 65.4 Å². The molecule has 0 aliphatic carbocycles. The first-order valence-corrected chi connectivity index (χ1v) is 14.9. The lowest BCUT2D eigenvalue weighted by atomic mass is 10.0. The van der Waals surface area contributed by atoms with Gasteiger partial charge in [-0.3, -0.25) is 47.9 Å². The number of carbonyl (C=O) groups excluding carboxylic acids is 5. The van der Waals surface area contributed by atoms with Crippen molar-refractivity contribution < 1.29 is 88.5 Å². The molecule has 5 amide bonds. The lowest BCUT2D eigenvalue weighted by Crippen LogP contribution is -2.60. The first kappa shape index (κ1) is 45.1. The summed E-state index contributed by atoms with van der Waals surface area (Å²) in [4.78, 5) is 131. The molecule has 0 bridgehead atoms. The van der Waals surface area contributed by atoms with Crippen molar-refractivity contribution in [3.63, 3.8) is 0 Å². The molecule has 0 spiro atoms. The Balaban J connectivity index is 6.19. The van der Waals surface area contributed by atoms with Crippen LogP contribution in [-0.2, 0) is 52.7 Å². The van der Waals surface area contributed by atoms with Gasteiger partial charge in [0.1, 0.15) is 30.2 Å². The summed E-state index contributed by atoms with van der Waals surface area (Å²) in [7, 11) is 0. The molecule has 6 atom stereocenters. The minimum absolute atomic E-state index is 0.355. The molecule has 24 nitrogen and oxygen atoms in total. The summed E-state index contributed by atoms with van der Waals surface area (Å²) in [5, 5.41) is 73.9. The lowest BCUT2D eigenvalue weighted by Gasteiger charge is -2.26. The van der Waals surface area contributed by atoms with Crippen LogP contribution in [0.3, 0.4) is 0 Å². The molecule has 0 aromatic heterocycles. The van der Waals surface area contributed by atoms with Crippen molar-refractivity contribution in [2.45, 2.75) is 94.0 Å². The molecule has 0 aliphatic heterocycles. The average molecular weight is 737 g/mol. The number of rotatable bonds is 26. The third kappa shape index (κ3) is 19.0. The topological polar surface area (TPSA) is 416 Å². The van der Waals surface area contributed by atoms with Gasteiger partial charge in [0.15, 0.2) is 0 Å². The van der Waals surface area contributed by atoms with Crippen molar-refractivity contribution in [3.8, 4) is 0 Å². The van der Waals surface area contributed by atoms with E-state index in [2.05, 4.69) is 10.6 Å². The molecule has 0 aromatic carbocycles. The zero-order chi connectivity index (χ0) is 39.4. The second-order valence-electron chi connectivity index (χ2n) is 10.8. The third-order valence-corrected chi connectivity index (χ3v) is 6.65. The fraction of sp³-hybridized carbons (Fsp3) is 0.593. The Morgan fingerprint density at radius 1 is 0.412 bits per heavy atom. The fourth-order valence-electron chi connectivity index (χ4n) is 3.96. The summed E-state index contributed by atoms with van der Waals surface area (Å²) in [6, 6.07) is -10.8. The predicted molar refractivity (Wildman–Crippen MR) is 162 cm³/mol. The van der Waals surface area contributed by atoms with Gasteiger partial charge in [-0.15, -0.1) is 0 Å². The van der Waals surface area contributed by atoms with Gasteiger partial charge in [-0.2, -0.15) is 0 Å². The van der Waals surface area contributed by atoms with Gasteiger partial charge in [-0.05, 0) is 25.7 Å². The summed E-state index contributed by atoms with van der Waals surface area (Å²) < 4.78 is 0.